The van der Waals surface area contributed by atoms with Crippen LogP contribution < -0.4 is 16.4 Å². The first-order chi connectivity index (χ1) is 20.6. The summed E-state index contributed by atoms with van der Waals surface area (Å²) >= 11 is 0. The molecule has 0 aliphatic rings. The third kappa shape index (κ3) is 10.5. The zero-order valence-electron chi connectivity index (χ0n) is 25.7. The fraction of sp³-hybridized carbons (Fsp3) is 0.235. The van der Waals surface area contributed by atoms with Crippen molar-refractivity contribution in [2.75, 3.05) is 16.4 Å². The average molecular weight is 599 g/mol. The molecule has 0 bridgehead atoms. The molecule has 0 aliphatic heterocycles. The number of anilines is 3. The molecule has 4 rings (SSSR count). The van der Waals surface area contributed by atoms with E-state index in [0.29, 0.717) is 16.9 Å². The fourth-order valence-corrected chi connectivity index (χ4v) is 3.91. The van der Waals surface area contributed by atoms with Crippen LogP contribution >= 0.6 is 0 Å². The van der Waals surface area contributed by atoms with Gasteiger partial charge in [0, 0.05) is 6.07 Å². The van der Waals surface area contributed by atoms with E-state index in [1.54, 1.807) is 32.9 Å². The molecule has 10 nitrogen and oxygen atoms in total. The molecule has 0 fully saturated rings. The summed E-state index contributed by atoms with van der Waals surface area (Å²) in [4.78, 5) is 34.3. The Kier molecular flexibility index (Phi) is 10.7. The number of amides is 2. The van der Waals surface area contributed by atoms with Gasteiger partial charge in [0.05, 0.1) is 16.3 Å². The van der Waals surface area contributed by atoms with Crippen molar-refractivity contribution in [3.05, 3.63) is 107 Å². The van der Waals surface area contributed by atoms with Crippen molar-refractivity contribution < 1.29 is 24.0 Å². The Morgan fingerprint density at radius 3 is 1.45 bits per heavy atom. The summed E-state index contributed by atoms with van der Waals surface area (Å²) in [6.45, 7) is 10.6. The Bertz CT molecular complexity index is 1590. The van der Waals surface area contributed by atoms with Crippen LogP contribution in [0.25, 0.3) is 22.3 Å². The molecule has 0 spiro atoms. The molecule has 2 amide bonds. The molecule has 0 radical (unpaired) electrons. The lowest BCUT2D eigenvalue weighted by atomic mass is 10.0. The second-order valence-corrected chi connectivity index (χ2v) is 11.8. The van der Waals surface area contributed by atoms with E-state index in [9.17, 15) is 19.7 Å². The van der Waals surface area contributed by atoms with E-state index in [-0.39, 0.29) is 11.4 Å². The number of ether oxygens (including phenoxy) is 2. The minimum Gasteiger partial charge on any atom is -0.444 e. The Morgan fingerprint density at radius 1 is 0.636 bits per heavy atom. The third-order valence-electron chi connectivity index (χ3n) is 5.73. The van der Waals surface area contributed by atoms with Crippen LogP contribution in [-0.4, -0.2) is 28.3 Å². The van der Waals surface area contributed by atoms with Gasteiger partial charge in [0.15, 0.2) is 0 Å². The predicted octanol–water partition coefficient (Wildman–Crippen LogP) is 8.89. The summed E-state index contributed by atoms with van der Waals surface area (Å²) in [6.07, 6.45) is -1.24. The van der Waals surface area contributed by atoms with Crippen LogP contribution in [0.3, 0.4) is 0 Å². The van der Waals surface area contributed by atoms with Crippen molar-refractivity contribution >= 4 is 34.9 Å². The number of nitro groups is 1. The van der Waals surface area contributed by atoms with Crippen molar-refractivity contribution in [3.8, 4) is 22.3 Å². The van der Waals surface area contributed by atoms with Crippen LogP contribution in [0.1, 0.15) is 41.5 Å². The molecule has 0 aromatic heterocycles. The van der Waals surface area contributed by atoms with Crippen LogP contribution in [0, 0.1) is 10.1 Å². The molecule has 0 saturated carbocycles. The highest BCUT2D eigenvalue weighted by Crippen LogP contribution is 2.31. The second kappa shape index (κ2) is 14.2. The molecule has 0 atom stereocenters. The molecule has 4 aromatic carbocycles. The molecule has 0 saturated heterocycles. The summed E-state index contributed by atoms with van der Waals surface area (Å²) in [7, 11) is 0. The topological polar surface area (TPSA) is 146 Å². The maximum absolute atomic E-state index is 11.8. The lowest BCUT2D eigenvalue weighted by Gasteiger charge is -2.20. The summed E-state index contributed by atoms with van der Waals surface area (Å²) < 4.78 is 10.3. The largest absolute Gasteiger partial charge is 0.444 e. The van der Waals surface area contributed by atoms with Crippen molar-refractivity contribution in [2.24, 2.45) is 0 Å². The third-order valence-corrected chi connectivity index (χ3v) is 5.73. The van der Waals surface area contributed by atoms with Crippen molar-refractivity contribution in [1.29, 1.82) is 0 Å². The minimum absolute atomic E-state index is 0.101. The standard InChI is InChI=1S/C17H18N2O4.C17H20N2O2/c1-17(2,3)23-16(20)18-14-10-9-13(11-15(14)19(21)22)12-7-5-4-6-8-12;1-17(2,3)21-16(20)19-15-10-9-13(11-14(15)18)12-7-5-4-6-8-12/h4-11H,1-3H3,(H,18,20);4-11H,18H2,1-3H3,(H,19,20). The van der Waals surface area contributed by atoms with Crippen LogP contribution in [0.2, 0.25) is 0 Å². The van der Waals surface area contributed by atoms with Crippen molar-refractivity contribution in [2.45, 2.75) is 52.7 Å². The molecule has 44 heavy (non-hydrogen) atoms. The highest BCUT2D eigenvalue weighted by molar-refractivity contribution is 5.91. The van der Waals surface area contributed by atoms with Gasteiger partial charge in [0.2, 0.25) is 0 Å². The van der Waals surface area contributed by atoms with E-state index >= 15 is 0 Å². The summed E-state index contributed by atoms with van der Waals surface area (Å²) in [5.41, 5.74) is 9.39. The van der Waals surface area contributed by atoms with Gasteiger partial charge >= 0.3 is 12.2 Å². The van der Waals surface area contributed by atoms with Crippen molar-refractivity contribution in [3.63, 3.8) is 0 Å². The Balaban J connectivity index is 0.000000241. The van der Waals surface area contributed by atoms with Gasteiger partial charge in [-0.1, -0.05) is 72.8 Å². The average Bonchev–Trinajstić information content (AvgIpc) is 2.93. The number of nitrogens with zero attached hydrogens (tertiary/aromatic N) is 1. The maximum atomic E-state index is 11.8. The number of nitro benzene ring substituents is 1. The van der Waals surface area contributed by atoms with Gasteiger partial charge < -0.3 is 15.2 Å². The van der Waals surface area contributed by atoms with Gasteiger partial charge in [-0.15, -0.1) is 0 Å². The smallest absolute Gasteiger partial charge is 0.412 e. The lowest BCUT2D eigenvalue weighted by Crippen LogP contribution is -2.27. The van der Waals surface area contributed by atoms with E-state index in [1.165, 1.54) is 12.1 Å². The number of nitrogen functional groups attached to an aromatic ring is 1. The molecular formula is C34H38N4O6. The number of benzene rings is 4. The number of hydrogen-bond donors (Lipinski definition) is 3. The Morgan fingerprint density at radius 2 is 1.05 bits per heavy atom. The summed E-state index contributed by atoms with van der Waals surface area (Å²) in [5, 5.41) is 16.4. The van der Waals surface area contributed by atoms with Gasteiger partial charge in [-0.3, -0.25) is 20.7 Å². The number of nitrogens with two attached hydrogens (primary N) is 1. The molecule has 10 heteroatoms. The minimum atomic E-state index is -0.729. The first-order valence-electron chi connectivity index (χ1n) is 13.9. The Labute approximate surface area is 257 Å². The Hall–Kier alpha value is -5.38. The normalized spacial score (nSPS) is 11.0. The van der Waals surface area contributed by atoms with Gasteiger partial charge in [0.25, 0.3) is 5.69 Å². The molecule has 4 aromatic rings. The zero-order chi connectivity index (χ0) is 32.5. The van der Waals surface area contributed by atoms with Gasteiger partial charge in [-0.25, -0.2) is 9.59 Å². The van der Waals surface area contributed by atoms with Gasteiger partial charge in [0.1, 0.15) is 16.9 Å². The molecule has 230 valence electrons. The molecule has 4 N–H and O–H groups in total. The first kappa shape index (κ1) is 33.1. The predicted molar refractivity (Wildman–Crippen MR) is 175 cm³/mol. The number of carbonyl (C=O) groups excluding carboxylic acids is 2. The molecule has 0 heterocycles. The molecular weight excluding hydrogens is 560 g/mol. The fourth-order valence-electron chi connectivity index (χ4n) is 3.91. The summed E-state index contributed by atoms with van der Waals surface area (Å²) in [6, 6.07) is 29.4. The van der Waals surface area contributed by atoms with Crippen molar-refractivity contribution in [1.82, 2.24) is 0 Å². The SMILES string of the molecule is CC(C)(C)OC(=O)Nc1ccc(-c2ccccc2)cc1N.CC(C)(C)OC(=O)Nc1ccc(-c2ccccc2)cc1[N+](=O)[O-]. The van der Waals surface area contributed by atoms with E-state index in [4.69, 9.17) is 15.2 Å². The lowest BCUT2D eigenvalue weighted by molar-refractivity contribution is -0.383. The van der Waals surface area contributed by atoms with Crippen LogP contribution in [-0.2, 0) is 9.47 Å². The van der Waals surface area contributed by atoms with Crippen LogP contribution in [0.15, 0.2) is 97.1 Å². The number of nitrogens with one attached hydrogen (secondary N) is 2. The van der Waals surface area contributed by atoms with E-state index in [1.807, 2.05) is 93.6 Å². The van der Waals surface area contributed by atoms with Gasteiger partial charge in [-0.2, -0.15) is 0 Å². The maximum Gasteiger partial charge on any atom is 0.412 e. The highest BCUT2D eigenvalue weighted by Gasteiger charge is 2.21. The van der Waals surface area contributed by atoms with E-state index in [0.717, 1.165) is 16.7 Å². The quantitative estimate of drug-likeness (QED) is 0.118. The number of hydrogen-bond acceptors (Lipinski definition) is 7. The number of carbonyl (C=O) groups is 2. The monoisotopic (exact) mass is 598 g/mol. The first-order valence-corrected chi connectivity index (χ1v) is 13.9. The zero-order valence-corrected chi connectivity index (χ0v) is 25.7. The van der Waals surface area contributed by atoms with Crippen LogP contribution in [0.5, 0.6) is 0 Å². The van der Waals surface area contributed by atoms with E-state index < -0.39 is 28.3 Å². The second-order valence-electron chi connectivity index (χ2n) is 11.8. The van der Waals surface area contributed by atoms with Crippen LogP contribution in [0.4, 0.5) is 32.3 Å². The summed E-state index contributed by atoms with van der Waals surface area (Å²) in [5.74, 6) is 0. The highest BCUT2D eigenvalue weighted by atomic mass is 16.6. The van der Waals surface area contributed by atoms with E-state index in [2.05, 4.69) is 10.6 Å². The molecule has 0 unspecified atom stereocenters. The molecule has 0 aliphatic carbocycles. The van der Waals surface area contributed by atoms with Gasteiger partial charge in [-0.05, 0) is 82.0 Å². The number of rotatable bonds is 5.